The van der Waals surface area contributed by atoms with Gasteiger partial charge in [0.05, 0.1) is 5.52 Å². The van der Waals surface area contributed by atoms with Gasteiger partial charge in [-0.1, -0.05) is 6.92 Å². The standard InChI is InChI=1S/C14H19N3S/c1-10(18-2)7-8-16-14-6-3-11-9-12(15)4-5-13(11)17-14/h3-6,9-10H,7-8,15H2,1-2H3,(H,16,17). The molecular weight excluding hydrogens is 242 g/mol. The molecule has 2 rings (SSSR count). The van der Waals surface area contributed by atoms with Gasteiger partial charge in [0.1, 0.15) is 5.82 Å². The van der Waals surface area contributed by atoms with E-state index in [0.29, 0.717) is 5.25 Å². The van der Waals surface area contributed by atoms with Crippen molar-refractivity contribution in [2.24, 2.45) is 0 Å². The maximum atomic E-state index is 5.75. The number of anilines is 2. The van der Waals surface area contributed by atoms with Gasteiger partial charge in [-0.25, -0.2) is 4.98 Å². The van der Waals surface area contributed by atoms with Crippen molar-refractivity contribution >= 4 is 34.2 Å². The van der Waals surface area contributed by atoms with Crippen molar-refractivity contribution in [3.63, 3.8) is 0 Å². The summed E-state index contributed by atoms with van der Waals surface area (Å²) < 4.78 is 0. The summed E-state index contributed by atoms with van der Waals surface area (Å²) in [5.74, 6) is 0.931. The molecule has 1 aromatic heterocycles. The Hall–Kier alpha value is -1.42. The number of pyridine rings is 1. The molecular formula is C14H19N3S. The van der Waals surface area contributed by atoms with Gasteiger partial charge in [-0.15, -0.1) is 0 Å². The van der Waals surface area contributed by atoms with Gasteiger partial charge in [0.15, 0.2) is 0 Å². The van der Waals surface area contributed by atoms with E-state index in [4.69, 9.17) is 5.73 Å². The minimum atomic E-state index is 0.678. The number of aromatic nitrogens is 1. The SMILES string of the molecule is CSC(C)CCNc1ccc2cc(N)ccc2n1. The van der Waals surface area contributed by atoms with Crippen LogP contribution >= 0.6 is 11.8 Å². The highest BCUT2D eigenvalue weighted by molar-refractivity contribution is 7.99. The summed E-state index contributed by atoms with van der Waals surface area (Å²) in [6.07, 6.45) is 3.28. The number of nitrogen functional groups attached to an aromatic ring is 1. The third-order valence-electron chi connectivity index (χ3n) is 2.97. The van der Waals surface area contributed by atoms with Crippen LogP contribution in [-0.2, 0) is 0 Å². The molecule has 1 heterocycles. The molecule has 0 bridgehead atoms. The summed E-state index contributed by atoms with van der Waals surface area (Å²) in [5, 5.41) is 5.12. The predicted octanol–water partition coefficient (Wildman–Crippen LogP) is 3.37. The molecule has 0 spiro atoms. The number of hydrogen-bond donors (Lipinski definition) is 2. The molecule has 0 saturated heterocycles. The number of nitrogens with zero attached hydrogens (tertiary/aromatic N) is 1. The van der Waals surface area contributed by atoms with E-state index in [1.54, 1.807) is 0 Å². The van der Waals surface area contributed by atoms with Crippen LogP contribution in [-0.4, -0.2) is 23.0 Å². The van der Waals surface area contributed by atoms with Gasteiger partial charge in [-0.3, -0.25) is 0 Å². The smallest absolute Gasteiger partial charge is 0.126 e. The number of hydrogen-bond acceptors (Lipinski definition) is 4. The first-order chi connectivity index (χ1) is 8.69. The quantitative estimate of drug-likeness (QED) is 0.810. The highest BCUT2D eigenvalue weighted by atomic mass is 32.2. The van der Waals surface area contributed by atoms with E-state index in [-0.39, 0.29) is 0 Å². The van der Waals surface area contributed by atoms with Crippen LogP contribution < -0.4 is 11.1 Å². The van der Waals surface area contributed by atoms with Crippen molar-refractivity contribution in [3.8, 4) is 0 Å². The van der Waals surface area contributed by atoms with Gasteiger partial charge in [0.25, 0.3) is 0 Å². The van der Waals surface area contributed by atoms with E-state index < -0.39 is 0 Å². The van der Waals surface area contributed by atoms with Gasteiger partial charge in [-0.2, -0.15) is 11.8 Å². The van der Waals surface area contributed by atoms with Gasteiger partial charge in [-0.05, 0) is 43.0 Å². The van der Waals surface area contributed by atoms with Crippen LogP contribution in [0.1, 0.15) is 13.3 Å². The third kappa shape index (κ3) is 3.29. The number of benzene rings is 1. The zero-order valence-corrected chi connectivity index (χ0v) is 11.6. The lowest BCUT2D eigenvalue weighted by Gasteiger charge is -2.10. The van der Waals surface area contributed by atoms with Crippen molar-refractivity contribution in [3.05, 3.63) is 30.3 Å². The number of rotatable bonds is 5. The van der Waals surface area contributed by atoms with Crippen molar-refractivity contribution < 1.29 is 0 Å². The summed E-state index contributed by atoms with van der Waals surface area (Å²) in [7, 11) is 0. The summed E-state index contributed by atoms with van der Waals surface area (Å²) >= 11 is 1.89. The van der Waals surface area contributed by atoms with Crippen molar-refractivity contribution in [2.45, 2.75) is 18.6 Å². The van der Waals surface area contributed by atoms with Crippen molar-refractivity contribution in [2.75, 3.05) is 23.9 Å². The second-order valence-electron chi connectivity index (χ2n) is 4.41. The Labute approximate surface area is 112 Å². The fraction of sp³-hybridized carbons (Fsp3) is 0.357. The number of fused-ring (bicyclic) bond motifs is 1. The summed E-state index contributed by atoms with van der Waals surface area (Å²) in [4.78, 5) is 4.57. The van der Waals surface area contributed by atoms with Crippen molar-refractivity contribution in [1.29, 1.82) is 0 Å². The molecule has 0 fully saturated rings. The zero-order valence-electron chi connectivity index (χ0n) is 10.8. The number of nitrogens with one attached hydrogen (secondary N) is 1. The fourth-order valence-corrected chi connectivity index (χ4v) is 2.12. The molecule has 0 aliphatic rings. The van der Waals surface area contributed by atoms with E-state index in [0.717, 1.165) is 35.4 Å². The van der Waals surface area contributed by atoms with Crippen molar-refractivity contribution in [1.82, 2.24) is 4.98 Å². The van der Waals surface area contributed by atoms with Gasteiger partial charge < -0.3 is 11.1 Å². The molecule has 0 amide bonds. The molecule has 1 atom stereocenters. The first-order valence-corrected chi connectivity index (χ1v) is 7.41. The van der Waals surface area contributed by atoms with Crippen LogP contribution in [0.5, 0.6) is 0 Å². The molecule has 18 heavy (non-hydrogen) atoms. The molecule has 0 aliphatic heterocycles. The maximum absolute atomic E-state index is 5.75. The predicted molar refractivity (Wildman–Crippen MR) is 82.2 cm³/mol. The van der Waals surface area contributed by atoms with Gasteiger partial charge >= 0.3 is 0 Å². The second kappa shape index (κ2) is 5.96. The van der Waals surface area contributed by atoms with Crippen LogP contribution in [0.3, 0.4) is 0 Å². The monoisotopic (exact) mass is 261 g/mol. The molecule has 3 nitrogen and oxygen atoms in total. The average molecular weight is 261 g/mol. The maximum Gasteiger partial charge on any atom is 0.126 e. The molecule has 4 heteroatoms. The lowest BCUT2D eigenvalue weighted by molar-refractivity contribution is 0.851. The van der Waals surface area contributed by atoms with E-state index in [1.807, 2.05) is 36.0 Å². The van der Waals surface area contributed by atoms with Crippen LogP contribution in [0.2, 0.25) is 0 Å². The van der Waals surface area contributed by atoms with E-state index >= 15 is 0 Å². The summed E-state index contributed by atoms with van der Waals surface area (Å²) in [6, 6.07) is 9.85. The minimum Gasteiger partial charge on any atom is -0.399 e. The molecule has 0 saturated carbocycles. The molecule has 3 N–H and O–H groups in total. The van der Waals surface area contributed by atoms with Crippen LogP contribution in [0.15, 0.2) is 30.3 Å². The molecule has 2 aromatic rings. The van der Waals surface area contributed by atoms with Gasteiger partial charge in [0.2, 0.25) is 0 Å². The van der Waals surface area contributed by atoms with E-state index in [1.165, 1.54) is 0 Å². The Morgan fingerprint density at radius 1 is 1.33 bits per heavy atom. The number of nitrogens with two attached hydrogens (primary N) is 1. The molecule has 0 aliphatic carbocycles. The minimum absolute atomic E-state index is 0.678. The Kier molecular flexibility index (Phi) is 4.31. The lowest BCUT2D eigenvalue weighted by Crippen LogP contribution is -2.08. The normalized spacial score (nSPS) is 12.6. The first-order valence-electron chi connectivity index (χ1n) is 6.12. The van der Waals surface area contributed by atoms with Crippen LogP contribution in [0.4, 0.5) is 11.5 Å². The Balaban J connectivity index is 2.04. The highest BCUT2D eigenvalue weighted by Gasteiger charge is 2.01. The largest absolute Gasteiger partial charge is 0.399 e. The van der Waals surface area contributed by atoms with Crippen LogP contribution in [0.25, 0.3) is 10.9 Å². The Bertz CT molecular complexity index is 527. The topological polar surface area (TPSA) is 50.9 Å². The zero-order chi connectivity index (χ0) is 13.0. The van der Waals surface area contributed by atoms with Gasteiger partial charge in [0, 0.05) is 22.9 Å². The molecule has 1 unspecified atom stereocenters. The fourth-order valence-electron chi connectivity index (χ4n) is 1.76. The highest BCUT2D eigenvalue weighted by Crippen LogP contribution is 2.18. The summed E-state index contributed by atoms with van der Waals surface area (Å²) in [6.45, 7) is 3.19. The van der Waals surface area contributed by atoms with Crippen LogP contribution in [0, 0.1) is 0 Å². The molecule has 1 aromatic carbocycles. The number of thioether (sulfide) groups is 1. The third-order valence-corrected chi connectivity index (χ3v) is 4.01. The average Bonchev–Trinajstić information content (AvgIpc) is 2.38. The van der Waals surface area contributed by atoms with E-state index in [9.17, 15) is 0 Å². The first kappa shape index (κ1) is 13.0. The second-order valence-corrected chi connectivity index (χ2v) is 5.69. The Morgan fingerprint density at radius 2 is 2.17 bits per heavy atom. The lowest BCUT2D eigenvalue weighted by atomic mass is 10.2. The van der Waals surface area contributed by atoms with E-state index in [2.05, 4.69) is 29.5 Å². The summed E-state index contributed by atoms with van der Waals surface area (Å²) in [5.41, 5.74) is 7.50. The molecule has 0 radical (unpaired) electrons. The Morgan fingerprint density at radius 3 is 2.94 bits per heavy atom. The molecule has 96 valence electrons.